The van der Waals surface area contributed by atoms with E-state index < -0.39 is 0 Å². The Balaban J connectivity index is 1.52. The SMILES string of the molecule is C1=C(c2cc3c(Nc4ccc5scnc5c4)ccnc3s2)CCNCC1. The Labute approximate surface area is 159 Å². The Bertz CT molecular complexity index is 1110. The van der Waals surface area contributed by atoms with E-state index >= 15 is 0 Å². The van der Waals surface area contributed by atoms with Gasteiger partial charge in [0.15, 0.2) is 0 Å². The van der Waals surface area contributed by atoms with E-state index in [9.17, 15) is 0 Å². The Morgan fingerprint density at radius 2 is 2.08 bits per heavy atom. The number of pyridine rings is 1. The summed E-state index contributed by atoms with van der Waals surface area (Å²) in [6, 6.07) is 10.7. The summed E-state index contributed by atoms with van der Waals surface area (Å²) >= 11 is 3.45. The van der Waals surface area contributed by atoms with Crippen molar-refractivity contribution in [1.82, 2.24) is 15.3 Å². The highest BCUT2D eigenvalue weighted by Gasteiger charge is 2.12. The molecule has 5 rings (SSSR count). The summed E-state index contributed by atoms with van der Waals surface area (Å²) in [6.07, 6.45) is 6.43. The van der Waals surface area contributed by atoms with Crippen molar-refractivity contribution in [3.05, 3.63) is 53.0 Å². The monoisotopic (exact) mass is 378 g/mol. The molecule has 4 nitrogen and oxygen atoms in total. The lowest BCUT2D eigenvalue weighted by Gasteiger charge is -2.07. The van der Waals surface area contributed by atoms with Crippen molar-refractivity contribution in [2.75, 3.05) is 18.4 Å². The molecule has 4 heterocycles. The summed E-state index contributed by atoms with van der Waals surface area (Å²) in [4.78, 5) is 11.4. The molecule has 0 saturated carbocycles. The molecule has 6 heteroatoms. The standard InChI is InChI=1S/C20H18N4S2/c1-2-13(5-8-21-7-1)19-11-15-16(6-9-22-20(15)26-19)24-14-3-4-18-17(10-14)23-12-25-18/h2-4,6,9-12,21H,1,5,7-8H2,(H,22,24). The number of aromatic nitrogens is 2. The topological polar surface area (TPSA) is 49.8 Å². The van der Waals surface area contributed by atoms with Gasteiger partial charge in [0.25, 0.3) is 0 Å². The van der Waals surface area contributed by atoms with E-state index in [0.717, 1.165) is 47.7 Å². The average Bonchev–Trinajstić information content (AvgIpc) is 3.21. The minimum absolute atomic E-state index is 1.03. The van der Waals surface area contributed by atoms with Crippen LogP contribution in [0.25, 0.3) is 26.0 Å². The van der Waals surface area contributed by atoms with Crippen LogP contribution in [0.5, 0.6) is 0 Å². The lowest BCUT2D eigenvalue weighted by atomic mass is 10.1. The quantitative estimate of drug-likeness (QED) is 0.500. The number of hydrogen-bond acceptors (Lipinski definition) is 6. The van der Waals surface area contributed by atoms with Crippen LogP contribution in [0.15, 0.2) is 48.1 Å². The molecular weight excluding hydrogens is 360 g/mol. The second-order valence-electron chi connectivity index (χ2n) is 6.37. The molecule has 3 aromatic heterocycles. The molecule has 0 spiro atoms. The number of fused-ring (bicyclic) bond motifs is 2. The first kappa shape index (κ1) is 15.9. The van der Waals surface area contributed by atoms with Crippen LogP contribution < -0.4 is 10.6 Å². The van der Waals surface area contributed by atoms with Gasteiger partial charge in [0, 0.05) is 22.1 Å². The third kappa shape index (κ3) is 3.00. The molecule has 0 amide bonds. The maximum Gasteiger partial charge on any atom is 0.125 e. The van der Waals surface area contributed by atoms with Crippen LogP contribution in [0.2, 0.25) is 0 Å². The van der Waals surface area contributed by atoms with Crippen molar-refractivity contribution >= 4 is 60.1 Å². The van der Waals surface area contributed by atoms with E-state index in [2.05, 4.69) is 50.9 Å². The van der Waals surface area contributed by atoms with Crippen LogP contribution in [0.1, 0.15) is 17.7 Å². The predicted octanol–water partition coefficient (Wildman–Crippen LogP) is 5.42. The molecule has 0 aliphatic carbocycles. The van der Waals surface area contributed by atoms with Gasteiger partial charge in [-0.25, -0.2) is 9.97 Å². The molecule has 2 N–H and O–H groups in total. The lowest BCUT2D eigenvalue weighted by Crippen LogP contribution is -2.13. The molecule has 4 aromatic rings. The van der Waals surface area contributed by atoms with Gasteiger partial charge in [0.2, 0.25) is 0 Å². The maximum absolute atomic E-state index is 4.59. The zero-order valence-corrected chi connectivity index (χ0v) is 15.8. The molecule has 0 saturated heterocycles. The normalized spacial score (nSPS) is 15.2. The Morgan fingerprint density at radius 1 is 1.08 bits per heavy atom. The zero-order chi connectivity index (χ0) is 17.3. The lowest BCUT2D eigenvalue weighted by molar-refractivity contribution is 0.718. The summed E-state index contributed by atoms with van der Waals surface area (Å²) in [5.41, 5.74) is 6.51. The van der Waals surface area contributed by atoms with E-state index in [4.69, 9.17) is 0 Å². The number of nitrogens with zero attached hydrogens (tertiary/aromatic N) is 2. The first-order valence-electron chi connectivity index (χ1n) is 8.76. The van der Waals surface area contributed by atoms with Crippen molar-refractivity contribution in [3.8, 4) is 0 Å². The first-order chi connectivity index (χ1) is 12.9. The number of thiophene rings is 1. The fourth-order valence-corrected chi connectivity index (χ4v) is 5.07. The number of benzene rings is 1. The van der Waals surface area contributed by atoms with Crippen LogP contribution in [0, 0.1) is 0 Å². The fourth-order valence-electron chi connectivity index (χ4n) is 3.32. The second kappa shape index (κ2) is 6.79. The highest BCUT2D eigenvalue weighted by atomic mass is 32.1. The predicted molar refractivity (Wildman–Crippen MR) is 113 cm³/mol. The summed E-state index contributed by atoms with van der Waals surface area (Å²) < 4.78 is 1.21. The molecule has 1 aliphatic heterocycles. The van der Waals surface area contributed by atoms with E-state index in [-0.39, 0.29) is 0 Å². The molecule has 1 aliphatic rings. The maximum atomic E-state index is 4.59. The van der Waals surface area contributed by atoms with Gasteiger partial charge in [-0.15, -0.1) is 22.7 Å². The van der Waals surface area contributed by atoms with Gasteiger partial charge < -0.3 is 10.6 Å². The molecule has 130 valence electrons. The van der Waals surface area contributed by atoms with Crippen LogP contribution in [0.3, 0.4) is 0 Å². The van der Waals surface area contributed by atoms with Crippen LogP contribution in [0.4, 0.5) is 11.4 Å². The minimum Gasteiger partial charge on any atom is -0.355 e. The number of nitrogens with one attached hydrogen (secondary N) is 2. The van der Waals surface area contributed by atoms with Gasteiger partial charge in [-0.2, -0.15) is 0 Å². The highest BCUT2D eigenvalue weighted by molar-refractivity contribution is 7.19. The summed E-state index contributed by atoms with van der Waals surface area (Å²) in [5.74, 6) is 0. The molecule has 0 atom stereocenters. The summed E-state index contributed by atoms with van der Waals surface area (Å²) in [6.45, 7) is 2.12. The molecule has 26 heavy (non-hydrogen) atoms. The van der Waals surface area contributed by atoms with Crippen molar-refractivity contribution in [3.63, 3.8) is 0 Å². The first-order valence-corrected chi connectivity index (χ1v) is 10.5. The third-order valence-electron chi connectivity index (χ3n) is 4.64. The van der Waals surface area contributed by atoms with Gasteiger partial charge in [-0.1, -0.05) is 6.08 Å². The van der Waals surface area contributed by atoms with E-state index in [0.29, 0.717) is 0 Å². The molecule has 0 unspecified atom stereocenters. The average molecular weight is 379 g/mol. The Morgan fingerprint density at radius 3 is 3.08 bits per heavy atom. The molecule has 0 radical (unpaired) electrons. The zero-order valence-electron chi connectivity index (χ0n) is 14.2. The van der Waals surface area contributed by atoms with Crippen molar-refractivity contribution in [2.24, 2.45) is 0 Å². The molecular formula is C20H18N4S2. The van der Waals surface area contributed by atoms with Crippen molar-refractivity contribution in [2.45, 2.75) is 12.8 Å². The second-order valence-corrected chi connectivity index (χ2v) is 8.28. The minimum atomic E-state index is 1.03. The third-order valence-corrected chi connectivity index (χ3v) is 6.57. The van der Waals surface area contributed by atoms with Crippen molar-refractivity contribution < 1.29 is 0 Å². The van der Waals surface area contributed by atoms with E-state index in [1.807, 2.05) is 17.8 Å². The van der Waals surface area contributed by atoms with E-state index in [1.165, 1.54) is 20.5 Å². The van der Waals surface area contributed by atoms with Gasteiger partial charge in [0.1, 0.15) is 4.83 Å². The Kier molecular flexibility index (Phi) is 4.16. The van der Waals surface area contributed by atoms with Crippen LogP contribution in [-0.2, 0) is 0 Å². The van der Waals surface area contributed by atoms with Crippen LogP contribution >= 0.6 is 22.7 Å². The van der Waals surface area contributed by atoms with Crippen molar-refractivity contribution in [1.29, 1.82) is 0 Å². The van der Waals surface area contributed by atoms with E-state index in [1.54, 1.807) is 22.7 Å². The highest BCUT2D eigenvalue weighted by Crippen LogP contribution is 2.36. The largest absolute Gasteiger partial charge is 0.355 e. The number of rotatable bonds is 3. The summed E-state index contributed by atoms with van der Waals surface area (Å²) in [5, 5.41) is 8.20. The van der Waals surface area contributed by atoms with Gasteiger partial charge in [-0.3, -0.25) is 0 Å². The van der Waals surface area contributed by atoms with Gasteiger partial charge in [-0.05, 0) is 61.8 Å². The fraction of sp³-hybridized carbons (Fsp3) is 0.200. The van der Waals surface area contributed by atoms with Crippen LogP contribution in [-0.4, -0.2) is 23.1 Å². The number of hydrogen-bond donors (Lipinski definition) is 2. The van der Waals surface area contributed by atoms with Gasteiger partial charge in [0.05, 0.1) is 21.4 Å². The molecule has 1 aromatic carbocycles. The smallest absolute Gasteiger partial charge is 0.125 e. The number of anilines is 2. The summed E-state index contributed by atoms with van der Waals surface area (Å²) in [7, 11) is 0. The van der Waals surface area contributed by atoms with Gasteiger partial charge >= 0.3 is 0 Å². The molecule has 0 fully saturated rings. The number of thiazole rings is 1. The molecule has 0 bridgehead atoms. The Hall–Kier alpha value is -2.28.